The van der Waals surface area contributed by atoms with E-state index in [0.29, 0.717) is 0 Å². The third kappa shape index (κ3) is 2.69. The van der Waals surface area contributed by atoms with Gasteiger partial charge >= 0.3 is 0 Å². The van der Waals surface area contributed by atoms with E-state index in [1.165, 1.54) is 12.0 Å². The summed E-state index contributed by atoms with van der Waals surface area (Å²) in [5.41, 5.74) is 1.22. The molecule has 1 N–H and O–H groups in total. The molecule has 1 atom stereocenters. The van der Waals surface area contributed by atoms with Crippen LogP contribution in [-0.2, 0) is 6.54 Å². The fraction of sp³-hybridized carbons (Fsp3) is 0.600. The van der Waals surface area contributed by atoms with Gasteiger partial charge in [0.05, 0.1) is 7.11 Å². The van der Waals surface area contributed by atoms with Gasteiger partial charge in [0.15, 0.2) is 11.5 Å². The second-order valence-electron chi connectivity index (χ2n) is 5.48. The standard InChI is InChI=1S/C15H22N2O3/c1-16-7-11-3-4-17(8-11)9-12-5-13(18-2)15-14(6-12)19-10-20-15/h5-6,11,16H,3-4,7-10H2,1-2H3. The minimum absolute atomic E-state index is 0.281. The van der Waals surface area contributed by atoms with Gasteiger partial charge in [-0.15, -0.1) is 0 Å². The predicted octanol–water partition coefficient (Wildman–Crippen LogP) is 1.47. The number of fused-ring (bicyclic) bond motifs is 1. The molecule has 1 aromatic carbocycles. The van der Waals surface area contributed by atoms with Crippen LogP contribution in [-0.4, -0.2) is 45.5 Å². The molecule has 0 spiro atoms. The van der Waals surface area contributed by atoms with E-state index in [2.05, 4.69) is 22.3 Å². The molecular weight excluding hydrogens is 256 g/mol. The number of benzene rings is 1. The van der Waals surface area contributed by atoms with Gasteiger partial charge in [-0.25, -0.2) is 0 Å². The lowest BCUT2D eigenvalue weighted by Crippen LogP contribution is -2.24. The van der Waals surface area contributed by atoms with Gasteiger partial charge in [-0.05, 0) is 50.2 Å². The number of likely N-dealkylation sites (tertiary alicyclic amines) is 1. The Morgan fingerprint density at radius 1 is 1.40 bits per heavy atom. The zero-order valence-corrected chi connectivity index (χ0v) is 12.1. The quantitative estimate of drug-likeness (QED) is 0.883. The third-order valence-corrected chi connectivity index (χ3v) is 3.99. The first-order valence-corrected chi connectivity index (χ1v) is 7.13. The lowest BCUT2D eigenvalue weighted by Gasteiger charge is -2.17. The van der Waals surface area contributed by atoms with E-state index in [0.717, 1.165) is 49.3 Å². The van der Waals surface area contributed by atoms with Gasteiger partial charge in [0, 0.05) is 13.1 Å². The van der Waals surface area contributed by atoms with Crippen LogP contribution in [0.2, 0.25) is 0 Å². The Balaban J connectivity index is 1.69. The maximum atomic E-state index is 5.48. The topological polar surface area (TPSA) is 43.0 Å². The van der Waals surface area contributed by atoms with E-state index in [9.17, 15) is 0 Å². The van der Waals surface area contributed by atoms with Crippen molar-refractivity contribution in [1.29, 1.82) is 0 Å². The molecule has 0 amide bonds. The van der Waals surface area contributed by atoms with E-state index in [-0.39, 0.29) is 6.79 Å². The highest BCUT2D eigenvalue weighted by Crippen LogP contribution is 2.42. The van der Waals surface area contributed by atoms with Crippen molar-refractivity contribution in [3.63, 3.8) is 0 Å². The molecule has 3 rings (SSSR count). The molecule has 5 nitrogen and oxygen atoms in total. The monoisotopic (exact) mass is 278 g/mol. The number of ether oxygens (including phenoxy) is 3. The molecule has 1 saturated heterocycles. The molecule has 2 aliphatic heterocycles. The summed E-state index contributed by atoms with van der Waals surface area (Å²) in [6.07, 6.45) is 1.27. The van der Waals surface area contributed by atoms with Crippen LogP contribution in [0.25, 0.3) is 0 Å². The zero-order chi connectivity index (χ0) is 13.9. The first kappa shape index (κ1) is 13.5. The van der Waals surface area contributed by atoms with E-state index in [4.69, 9.17) is 14.2 Å². The van der Waals surface area contributed by atoms with Crippen molar-refractivity contribution in [3.8, 4) is 17.2 Å². The highest BCUT2D eigenvalue weighted by Gasteiger charge is 2.24. The largest absolute Gasteiger partial charge is 0.493 e. The average Bonchev–Trinajstić information content (AvgIpc) is 3.07. The van der Waals surface area contributed by atoms with Crippen molar-refractivity contribution < 1.29 is 14.2 Å². The Kier molecular flexibility index (Phi) is 3.98. The molecule has 0 saturated carbocycles. The fourth-order valence-electron chi connectivity index (χ4n) is 3.05. The Bertz CT molecular complexity index is 478. The van der Waals surface area contributed by atoms with Crippen LogP contribution in [0.15, 0.2) is 12.1 Å². The van der Waals surface area contributed by atoms with E-state index >= 15 is 0 Å². The second-order valence-corrected chi connectivity index (χ2v) is 5.48. The van der Waals surface area contributed by atoms with Gasteiger partial charge in [-0.2, -0.15) is 0 Å². The van der Waals surface area contributed by atoms with Crippen LogP contribution in [0.5, 0.6) is 17.2 Å². The third-order valence-electron chi connectivity index (χ3n) is 3.99. The van der Waals surface area contributed by atoms with E-state index in [1.807, 2.05) is 7.05 Å². The van der Waals surface area contributed by atoms with Gasteiger partial charge in [0.25, 0.3) is 0 Å². The lowest BCUT2D eigenvalue weighted by atomic mass is 10.1. The molecule has 110 valence electrons. The van der Waals surface area contributed by atoms with Crippen molar-refractivity contribution in [2.75, 3.05) is 40.6 Å². The Morgan fingerprint density at radius 2 is 2.30 bits per heavy atom. The maximum absolute atomic E-state index is 5.48. The van der Waals surface area contributed by atoms with Crippen LogP contribution in [0.4, 0.5) is 0 Å². The van der Waals surface area contributed by atoms with Gasteiger partial charge in [-0.1, -0.05) is 0 Å². The molecule has 1 fully saturated rings. The summed E-state index contributed by atoms with van der Waals surface area (Å²) in [7, 11) is 3.69. The van der Waals surface area contributed by atoms with Gasteiger partial charge in [-0.3, -0.25) is 4.90 Å². The van der Waals surface area contributed by atoms with Gasteiger partial charge in [0.1, 0.15) is 0 Å². The summed E-state index contributed by atoms with van der Waals surface area (Å²) in [6, 6.07) is 4.12. The molecule has 2 aliphatic rings. The average molecular weight is 278 g/mol. The summed E-state index contributed by atoms with van der Waals surface area (Å²) in [6.45, 7) is 4.62. The molecule has 0 aromatic heterocycles. The fourth-order valence-corrected chi connectivity index (χ4v) is 3.05. The minimum atomic E-state index is 0.281. The van der Waals surface area contributed by atoms with E-state index in [1.54, 1.807) is 7.11 Å². The molecule has 5 heteroatoms. The number of rotatable bonds is 5. The summed E-state index contributed by atoms with van der Waals surface area (Å²) in [4.78, 5) is 2.49. The first-order chi connectivity index (χ1) is 9.80. The molecule has 2 heterocycles. The molecule has 0 bridgehead atoms. The van der Waals surface area contributed by atoms with Crippen LogP contribution in [0, 0.1) is 5.92 Å². The second kappa shape index (κ2) is 5.89. The molecule has 20 heavy (non-hydrogen) atoms. The zero-order valence-electron chi connectivity index (χ0n) is 12.1. The number of methoxy groups -OCH3 is 1. The first-order valence-electron chi connectivity index (χ1n) is 7.13. The van der Waals surface area contributed by atoms with Crippen molar-refractivity contribution in [3.05, 3.63) is 17.7 Å². The van der Waals surface area contributed by atoms with Crippen LogP contribution in [0.3, 0.4) is 0 Å². The smallest absolute Gasteiger partial charge is 0.231 e. The van der Waals surface area contributed by atoms with Crippen molar-refractivity contribution in [2.24, 2.45) is 5.92 Å². The van der Waals surface area contributed by atoms with E-state index < -0.39 is 0 Å². The summed E-state index contributed by atoms with van der Waals surface area (Å²) in [5.74, 6) is 3.05. The van der Waals surface area contributed by atoms with Crippen molar-refractivity contribution >= 4 is 0 Å². The molecule has 1 aromatic rings. The number of nitrogens with zero attached hydrogens (tertiary/aromatic N) is 1. The summed E-state index contributed by atoms with van der Waals surface area (Å²) >= 11 is 0. The predicted molar refractivity (Wildman–Crippen MR) is 76.4 cm³/mol. The summed E-state index contributed by atoms with van der Waals surface area (Å²) < 4.78 is 16.3. The molecule has 0 aliphatic carbocycles. The molecule has 1 unspecified atom stereocenters. The van der Waals surface area contributed by atoms with Crippen LogP contribution < -0.4 is 19.5 Å². The van der Waals surface area contributed by atoms with Crippen molar-refractivity contribution in [1.82, 2.24) is 10.2 Å². The SMILES string of the molecule is CNCC1CCN(Cc2cc(OC)c3c(c2)OCO3)C1. The van der Waals surface area contributed by atoms with Gasteiger partial charge < -0.3 is 19.5 Å². The Hall–Kier alpha value is -1.46. The van der Waals surface area contributed by atoms with Crippen LogP contribution in [0.1, 0.15) is 12.0 Å². The van der Waals surface area contributed by atoms with Crippen molar-refractivity contribution in [2.45, 2.75) is 13.0 Å². The normalized spacial score (nSPS) is 21.4. The lowest BCUT2D eigenvalue weighted by molar-refractivity contribution is 0.171. The highest BCUT2D eigenvalue weighted by atomic mass is 16.7. The summed E-state index contributed by atoms with van der Waals surface area (Å²) in [5, 5.41) is 3.26. The maximum Gasteiger partial charge on any atom is 0.231 e. The molecular formula is C15H22N2O3. The number of nitrogens with one attached hydrogen (secondary N) is 1. The number of hydrogen-bond donors (Lipinski definition) is 1. The minimum Gasteiger partial charge on any atom is -0.493 e. The van der Waals surface area contributed by atoms with Gasteiger partial charge in [0.2, 0.25) is 12.5 Å². The Morgan fingerprint density at radius 3 is 3.10 bits per heavy atom. The number of hydrogen-bond acceptors (Lipinski definition) is 5. The molecule has 0 radical (unpaired) electrons. The highest BCUT2D eigenvalue weighted by molar-refractivity contribution is 5.55. The Labute approximate surface area is 119 Å². The van der Waals surface area contributed by atoms with Crippen LogP contribution >= 0.6 is 0 Å².